The molecule has 2 nitrogen and oxygen atoms in total. The molecule has 0 aliphatic carbocycles. The lowest BCUT2D eigenvalue weighted by molar-refractivity contribution is 1.00. The smallest absolute Gasteiger partial charge is 0.124 e. The third-order valence-corrected chi connectivity index (χ3v) is 5.84. The van der Waals surface area contributed by atoms with E-state index in [-0.39, 0.29) is 0 Å². The molecule has 0 aliphatic heterocycles. The Bertz CT molecular complexity index is 207. The fourth-order valence-electron chi connectivity index (χ4n) is 0.450. The molecule has 0 unspecified atom stereocenters. The predicted octanol–water partition coefficient (Wildman–Crippen LogP) is 2.60. The first-order valence-electron chi connectivity index (χ1n) is 2.19. The first kappa shape index (κ1) is 8.50. The lowest BCUT2D eigenvalue weighted by Crippen LogP contribution is -1.82. The van der Waals surface area contributed by atoms with E-state index in [9.17, 15) is 0 Å². The van der Waals surface area contributed by atoms with Gasteiger partial charge in [0.1, 0.15) is 3.70 Å². The van der Waals surface area contributed by atoms with E-state index in [0.29, 0.717) is 0 Å². The summed E-state index contributed by atoms with van der Waals surface area (Å²) in [6.45, 7) is 2.01. The molecule has 0 bridgehead atoms. The molecular weight excluding hydrogens is 457 g/mol. The lowest BCUT2D eigenvalue weighted by Gasteiger charge is -1.84. The monoisotopic (exact) mass is 460 g/mol. The summed E-state index contributed by atoms with van der Waals surface area (Å²) < 4.78 is 4.31. The van der Waals surface area contributed by atoms with Crippen LogP contribution in [0.25, 0.3) is 0 Å². The molecule has 1 rings (SSSR count). The number of aromatic nitrogens is 2. The minimum absolute atomic E-state index is 1.11. The van der Waals surface area contributed by atoms with Crippen molar-refractivity contribution in [3.8, 4) is 0 Å². The van der Waals surface area contributed by atoms with E-state index in [4.69, 9.17) is 0 Å². The summed E-state index contributed by atoms with van der Waals surface area (Å²) in [4.78, 5) is 0. The average Bonchev–Trinajstić information content (AvgIpc) is 1.98. The van der Waals surface area contributed by atoms with Crippen LogP contribution in [-0.2, 0) is 0 Å². The molecule has 0 aliphatic rings. The van der Waals surface area contributed by atoms with Crippen LogP contribution >= 0.6 is 68.0 Å². The number of halogens is 3. The van der Waals surface area contributed by atoms with Crippen molar-refractivity contribution in [2.75, 3.05) is 0 Å². The van der Waals surface area contributed by atoms with Crippen LogP contribution in [0.15, 0.2) is 0 Å². The largest absolute Gasteiger partial charge is 0.197 e. The fraction of sp³-hybridized carbons (Fsp3) is 0.250. The molecule has 1 aromatic rings. The van der Waals surface area contributed by atoms with E-state index in [0.717, 1.165) is 5.69 Å². The normalized spacial score (nSPS) is 10.2. The van der Waals surface area contributed by atoms with Gasteiger partial charge < -0.3 is 0 Å². The first-order valence-corrected chi connectivity index (χ1v) is 5.32. The van der Waals surface area contributed by atoms with Gasteiger partial charge in [-0.25, -0.2) is 0 Å². The summed E-state index contributed by atoms with van der Waals surface area (Å²) >= 11 is 6.73. The van der Waals surface area contributed by atoms with Crippen LogP contribution in [0.3, 0.4) is 0 Å². The second kappa shape index (κ2) is 3.20. The molecule has 0 saturated carbocycles. The standard InChI is InChI=1S/C4H3I3N2/c1-2-3(5)4(6)9(7)8-2/h1H3. The topological polar surface area (TPSA) is 17.8 Å². The van der Waals surface area contributed by atoms with Gasteiger partial charge in [-0.2, -0.15) is 7.99 Å². The van der Waals surface area contributed by atoms with Crippen molar-refractivity contribution in [2.45, 2.75) is 6.92 Å². The summed E-state index contributed by atoms with van der Waals surface area (Å²) in [7, 11) is 0. The maximum atomic E-state index is 4.20. The van der Waals surface area contributed by atoms with Crippen LogP contribution in [0.2, 0.25) is 0 Å². The van der Waals surface area contributed by atoms with Gasteiger partial charge in [0.15, 0.2) is 0 Å². The van der Waals surface area contributed by atoms with E-state index in [1.165, 1.54) is 7.27 Å². The Morgan fingerprint density at radius 2 is 2.00 bits per heavy atom. The van der Waals surface area contributed by atoms with Gasteiger partial charge >= 0.3 is 0 Å². The molecule has 0 aromatic carbocycles. The summed E-state index contributed by atoms with van der Waals surface area (Å²) in [5.41, 5.74) is 1.11. The minimum atomic E-state index is 1.11. The summed E-state index contributed by atoms with van der Waals surface area (Å²) in [5.74, 6) is 0. The van der Waals surface area contributed by atoms with Crippen molar-refractivity contribution in [3.63, 3.8) is 0 Å². The van der Waals surface area contributed by atoms with E-state index in [1.54, 1.807) is 0 Å². The first-order chi connectivity index (χ1) is 4.13. The maximum absolute atomic E-state index is 4.20. The molecule has 0 spiro atoms. The Balaban J connectivity index is 3.29. The van der Waals surface area contributed by atoms with Crippen LogP contribution < -0.4 is 0 Å². The Morgan fingerprint density at radius 1 is 1.44 bits per heavy atom. The van der Waals surface area contributed by atoms with Crippen molar-refractivity contribution in [3.05, 3.63) is 13.0 Å². The number of hydrogen-bond acceptors (Lipinski definition) is 1. The Morgan fingerprint density at radius 3 is 2.11 bits per heavy atom. The maximum Gasteiger partial charge on any atom is 0.124 e. The Labute approximate surface area is 94.5 Å². The van der Waals surface area contributed by atoms with E-state index >= 15 is 0 Å². The molecule has 1 heterocycles. The van der Waals surface area contributed by atoms with Gasteiger partial charge in [0, 0.05) is 0 Å². The summed E-state index contributed by atoms with van der Waals surface area (Å²) in [5, 5.41) is 4.20. The molecule has 0 fully saturated rings. The summed E-state index contributed by atoms with van der Waals surface area (Å²) in [6.07, 6.45) is 0. The van der Waals surface area contributed by atoms with Gasteiger partial charge in [-0.05, 0) is 52.1 Å². The molecule has 0 atom stereocenters. The van der Waals surface area contributed by atoms with Gasteiger partial charge in [-0.15, -0.1) is 0 Å². The summed E-state index contributed by atoms with van der Waals surface area (Å²) in [6, 6.07) is 0. The second-order valence-electron chi connectivity index (χ2n) is 1.55. The van der Waals surface area contributed by atoms with Crippen molar-refractivity contribution in [2.24, 2.45) is 0 Å². The van der Waals surface area contributed by atoms with Gasteiger partial charge in [-0.3, -0.25) is 0 Å². The minimum Gasteiger partial charge on any atom is -0.197 e. The van der Waals surface area contributed by atoms with Crippen LogP contribution in [0.4, 0.5) is 0 Å². The molecule has 5 heteroatoms. The molecule has 1 aromatic heterocycles. The number of aryl methyl sites for hydroxylation is 1. The van der Waals surface area contributed by atoms with Crippen LogP contribution in [0.5, 0.6) is 0 Å². The van der Waals surface area contributed by atoms with Crippen molar-refractivity contribution < 1.29 is 0 Å². The quantitative estimate of drug-likeness (QED) is 0.545. The Hall–Kier alpha value is 1.40. The fourth-order valence-corrected chi connectivity index (χ4v) is 2.31. The molecule has 0 radical (unpaired) electrons. The molecule has 0 saturated heterocycles. The van der Waals surface area contributed by atoms with E-state index in [2.05, 4.69) is 73.1 Å². The van der Waals surface area contributed by atoms with Gasteiger partial charge in [0.2, 0.25) is 0 Å². The van der Waals surface area contributed by atoms with Crippen molar-refractivity contribution in [1.29, 1.82) is 0 Å². The third kappa shape index (κ3) is 1.70. The van der Waals surface area contributed by atoms with Gasteiger partial charge in [-0.1, -0.05) is 0 Å². The molecule has 0 amide bonds. The highest BCUT2D eigenvalue weighted by Gasteiger charge is 2.06. The van der Waals surface area contributed by atoms with Gasteiger partial charge in [0.05, 0.1) is 32.1 Å². The highest BCUT2D eigenvalue weighted by Crippen LogP contribution is 2.19. The molecule has 50 valence electrons. The number of hydrogen-bond donors (Lipinski definition) is 0. The van der Waals surface area contributed by atoms with E-state index < -0.39 is 0 Å². The zero-order chi connectivity index (χ0) is 7.02. The average molecular weight is 460 g/mol. The highest BCUT2D eigenvalue weighted by molar-refractivity contribution is 14.1. The Kier molecular flexibility index (Phi) is 3.02. The zero-order valence-electron chi connectivity index (χ0n) is 4.53. The van der Waals surface area contributed by atoms with Crippen LogP contribution in [-0.4, -0.2) is 7.99 Å². The van der Waals surface area contributed by atoms with E-state index in [1.807, 2.05) is 9.82 Å². The number of rotatable bonds is 0. The lowest BCUT2D eigenvalue weighted by atomic mass is 10.5. The second-order valence-corrected chi connectivity index (χ2v) is 4.56. The SMILES string of the molecule is Cc1nn(I)c(I)c1I. The number of nitrogens with zero attached hydrogens (tertiary/aromatic N) is 2. The van der Waals surface area contributed by atoms with Crippen LogP contribution in [0, 0.1) is 14.2 Å². The third-order valence-electron chi connectivity index (χ3n) is 0.899. The van der Waals surface area contributed by atoms with Crippen LogP contribution in [0.1, 0.15) is 5.69 Å². The molecule has 9 heavy (non-hydrogen) atoms. The highest BCUT2D eigenvalue weighted by atomic mass is 127. The van der Waals surface area contributed by atoms with Crippen molar-refractivity contribution >= 4 is 68.0 Å². The zero-order valence-corrected chi connectivity index (χ0v) is 11.0. The van der Waals surface area contributed by atoms with Gasteiger partial charge in [0.25, 0.3) is 0 Å². The molecule has 0 N–H and O–H groups in total. The molecular formula is C4H3I3N2. The van der Waals surface area contributed by atoms with Crippen molar-refractivity contribution in [1.82, 2.24) is 7.99 Å². The predicted molar refractivity (Wildman–Crippen MR) is 61.8 cm³/mol.